The molecule has 98 valence electrons. The zero-order valence-electron chi connectivity index (χ0n) is 10.2. The van der Waals surface area contributed by atoms with Gasteiger partial charge in [-0.3, -0.25) is 0 Å². The first kappa shape index (κ1) is 13.8. The summed E-state index contributed by atoms with van der Waals surface area (Å²) in [7, 11) is 0. The van der Waals surface area contributed by atoms with Crippen molar-refractivity contribution in [2.75, 3.05) is 12.3 Å². The summed E-state index contributed by atoms with van der Waals surface area (Å²) in [5.41, 5.74) is 5.48. The van der Waals surface area contributed by atoms with E-state index in [1.54, 1.807) is 13.0 Å². The van der Waals surface area contributed by atoms with Gasteiger partial charge in [0.05, 0.1) is 6.61 Å². The zero-order chi connectivity index (χ0) is 13.7. The molecular formula is C12H15NO5. The highest BCUT2D eigenvalue weighted by molar-refractivity contribution is 5.96. The van der Waals surface area contributed by atoms with Crippen LogP contribution in [0.25, 0.3) is 0 Å². The molecule has 1 aromatic carbocycles. The second-order valence-corrected chi connectivity index (χ2v) is 3.54. The number of esters is 1. The summed E-state index contributed by atoms with van der Waals surface area (Å²) >= 11 is 0. The molecule has 0 bridgehead atoms. The highest BCUT2D eigenvalue weighted by Crippen LogP contribution is 2.25. The number of hydrogen-bond acceptors (Lipinski definition) is 5. The molecule has 6 heteroatoms. The molecule has 0 heterocycles. The largest absolute Gasteiger partial charge is 0.478 e. The van der Waals surface area contributed by atoms with Crippen LogP contribution in [0.15, 0.2) is 18.2 Å². The van der Waals surface area contributed by atoms with E-state index in [2.05, 4.69) is 0 Å². The third-order valence-corrected chi connectivity index (χ3v) is 2.19. The third kappa shape index (κ3) is 3.13. The van der Waals surface area contributed by atoms with Crippen LogP contribution in [0, 0.1) is 0 Å². The van der Waals surface area contributed by atoms with Gasteiger partial charge in [-0.25, -0.2) is 9.59 Å². The lowest BCUT2D eigenvalue weighted by atomic mass is 10.1. The number of carbonyl (C=O) groups excluding carboxylic acids is 1. The number of benzene rings is 1. The molecule has 0 aliphatic carbocycles. The Morgan fingerprint density at radius 2 is 2.11 bits per heavy atom. The van der Waals surface area contributed by atoms with Gasteiger partial charge in [0.1, 0.15) is 11.3 Å². The Balaban J connectivity index is 2.94. The van der Waals surface area contributed by atoms with Crippen molar-refractivity contribution >= 4 is 17.6 Å². The molecule has 0 spiro atoms. The monoisotopic (exact) mass is 253 g/mol. The van der Waals surface area contributed by atoms with Crippen molar-refractivity contribution < 1.29 is 24.2 Å². The summed E-state index contributed by atoms with van der Waals surface area (Å²) < 4.78 is 10.0. The van der Waals surface area contributed by atoms with E-state index in [4.69, 9.17) is 20.3 Å². The van der Waals surface area contributed by atoms with Gasteiger partial charge in [-0.15, -0.1) is 0 Å². The lowest BCUT2D eigenvalue weighted by Crippen LogP contribution is -2.27. The Bertz CT molecular complexity index is 458. The van der Waals surface area contributed by atoms with Gasteiger partial charge in [-0.2, -0.15) is 0 Å². The number of nitrogen functional groups attached to an aromatic ring is 1. The molecule has 0 saturated heterocycles. The number of hydrogen-bond donors (Lipinski definition) is 2. The smallest absolute Gasteiger partial charge is 0.347 e. The molecular weight excluding hydrogens is 238 g/mol. The molecule has 3 N–H and O–H groups in total. The van der Waals surface area contributed by atoms with Crippen LogP contribution in [-0.4, -0.2) is 29.8 Å². The summed E-state index contributed by atoms with van der Waals surface area (Å²) in [4.78, 5) is 22.4. The number of carboxylic acid groups (broad SMARTS) is 1. The number of carboxylic acids is 1. The van der Waals surface area contributed by atoms with Crippen molar-refractivity contribution in [1.82, 2.24) is 0 Å². The molecule has 6 nitrogen and oxygen atoms in total. The molecule has 0 saturated carbocycles. The summed E-state index contributed by atoms with van der Waals surface area (Å²) in [6.45, 7) is 3.38. The maximum atomic E-state index is 11.4. The molecule has 0 aliphatic heterocycles. The second-order valence-electron chi connectivity index (χ2n) is 3.54. The van der Waals surface area contributed by atoms with Crippen molar-refractivity contribution in [3.8, 4) is 5.75 Å². The van der Waals surface area contributed by atoms with Crippen molar-refractivity contribution in [3.63, 3.8) is 0 Å². The highest BCUT2D eigenvalue weighted by Gasteiger charge is 2.21. The van der Waals surface area contributed by atoms with E-state index < -0.39 is 18.0 Å². The van der Waals surface area contributed by atoms with Crippen LogP contribution in [0.5, 0.6) is 5.75 Å². The van der Waals surface area contributed by atoms with Crippen LogP contribution < -0.4 is 10.5 Å². The van der Waals surface area contributed by atoms with E-state index in [0.29, 0.717) is 0 Å². The molecule has 18 heavy (non-hydrogen) atoms. The average Bonchev–Trinajstić information content (AvgIpc) is 2.28. The van der Waals surface area contributed by atoms with Crippen LogP contribution >= 0.6 is 0 Å². The maximum absolute atomic E-state index is 11.4. The van der Waals surface area contributed by atoms with Crippen molar-refractivity contribution in [2.24, 2.45) is 0 Å². The second kappa shape index (κ2) is 5.90. The Hall–Kier alpha value is -2.24. The molecule has 0 amide bonds. The molecule has 0 radical (unpaired) electrons. The average molecular weight is 253 g/mol. The van der Waals surface area contributed by atoms with E-state index in [0.717, 1.165) is 0 Å². The molecule has 0 aliphatic rings. The van der Waals surface area contributed by atoms with Gasteiger partial charge in [-0.05, 0) is 26.0 Å². The molecule has 0 fully saturated rings. The van der Waals surface area contributed by atoms with Crippen LogP contribution in [0.4, 0.5) is 5.69 Å². The maximum Gasteiger partial charge on any atom is 0.347 e. The number of anilines is 1. The van der Waals surface area contributed by atoms with Crippen molar-refractivity contribution in [1.29, 1.82) is 0 Å². The SMILES string of the molecule is CCOC(=O)C(C)Oc1cccc(N)c1C(=O)O. The molecule has 0 aromatic heterocycles. The Labute approximate surface area is 104 Å². The predicted octanol–water partition coefficient (Wildman–Crippen LogP) is 1.30. The molecule has 1 atom stereocenters. The van der Waals surface area contributed by atoms with Gasteiger partial charge < -0.3 is 20.3 Å². The minimum Gasteiger partial charge on any atom is -0.478 e. The quantitative estimate of drug-likeness (QED) is 0.606. The zero-order valence-corrected chi connectivity index (χ0v) is 10.2. The Morgan fingerprint density at radius 3 is 2.67 bits per heavy atom. The number of nitrogens with two attached hydrogens (primary N) is 1. The number of aromatic carboxylic acids is 1. The van der Waals surface area contributed by atoms with Crippen LogP contribution in [-0.2, 0) is 9.53 Å². The van der Waals surface area contributed by atoms with Gasteiger partial charge in [0.25, 0.3) is 0 Å². The lowest BCUT2D eigenvalue weighted by molar-refractivity contribution is -0.150. The molecule has 1 aromatic rings. The van der Waals surface area contributed by atoms with E-state index in [1.807, 2.05) is 0 Å². The Kier molecular flexibility index (Phi) is 4.53. The summed E-state index contributed by atoms with van der Waals surface area (Å²) in [6.07, 6.45) is -0.898. The van der Waals surface area contributed by atoms with E-state index >= 15 is 0 Å². The van der Waals surface area contributed by atoms with E-state index in [-0.39, 0.29) is 23.6 Å². The van der Waals surface area contributed by atoms with Crippen molar-refractivity contribution in [2.45, 2.75) is 20.0 Å². The normalized spacial score (nSPS) is 11.7. The Morgan fingerprint density at radius 1 is 1.44 bits per heavy atom. The summed E-state index contributed by atoms with van der Waals surface area (Å²) in [6, 6.07) is 4.44. The minimum atomic E-state index is -1.21. The summed E-state index contributed by atoms with van der Waals surface area (Å²) in [5, 5.41) is 9.03. The highest BCUT2D eigenvalue weighted by atomic mass is 16.6. The van der Waals surface area contributed by atoms with Gasteiger partial charge in [0.2, 0.25) is 0 Å². The lowest BCUT2D eigenvalue weighted by Gasteiger charge is -2.15. The summed E-state index contributed by atoms with van der Waals surface area (Å²) in [5.74, 6) is -1.72. The minimum absolute atomic E-state index is 0.0445. The number of rotatable bonds is 5. The first-order chi connectivity index (χ1) is 8.47. The van der Waals surface area contributed by atoms with Gasteiger partial charge >= 0.3 is 11.9 Å². The van der Waals surface area contributed by atoms with Crippen LogP contribution in [0.3, 0.4) is 0 Å². The van der Waals surface area contributed by atoms with Crippen LogP contribution in [0.2, 0.25) is 0 Å². The third-order valence-electron chi connectivity index (χ3n) is 2.19. The van der Waals surface area contributed by atoms with Gasteiger partial charge in [0, 0.05) is 5.69 Å². The number of ether oxygens (including phenoxy) is 2. The van der Waals surface area contributed by atoms with Crippen LogP contribution in [0.1, 0.15) is 24.2 Å². The van der Waals surface area contributed by atoms with Crippen molar-refractivity contribution in [3.05, 3.63) is 23.8 Å². The van der Waals surface area contributed by atoms with E-state index in [9.17, 15) is 9.59 Å². The number of carbonyl (C=O) groups is 2. The predicted molar refractivity (Wildman–Crippen MR) is 64.5 cm³/mol. The van der Waals surface area contributed by atoms with E-state index in [1.165, 1.54) is 19.1 Å². The fraction of sp³-hybridized carbons (Fsp3) is 0.333. The fourth-order valence-electron chi connectivity index (χ4n) is 1.37. The standard InChI is InChI=1S/C12H15NO5/c1-3-17-12(16)7(2)18-9-6-4-5-8(13)10(9)11(14)15/h4-7H,3,13H2,1-2H3,(H,14,15). The fourth-order valence-corrected chi connectivity index (χ4v) is 1.37. The topological polar surface area (TPSA) is 98.9 Å². The van der Waals surface area contributed by atoms with Gasteiger partial charge in [-0.1, -0.05) is 6.07 Å². The van der Waals surface area contributed by atoms with Gasteiger partial charge in [0.15, 0.2) is 6.10 Å². The first-order valence-electron chi connectivity index (χ1n) is 5.42. The molecule has 1 rings (SSSR count). The molecule has 1 unspecified atom stereocenters. The first-order valence-corrected chi connectivity index (χ1v) is 5.42.